The molecule has 0 saturated heterocycles. The lowest BCUT2D eigenvalue weighted by Crippen LogP contribution is -2.03. The molecule has 0 aliphatic heterocycles. The van der Waals surface area contributed by atoms with Crippen LogP contribution < -0.4 is 0 Å². The Bertz CT molecular complexity index is 362. The van der Waals surface area contributed by atoms with Crippen LogP contribution in [0, 0.1) is 5.92 Å². The number of hydrogen-bond donors (Lipinski definition) is 0. The largest absolute Gasteiger partial charge is 0.295 e. The quantitative estimate of drug-likeness (QED) is 0.694. The number of allylic oxidation sites excluding steroid dienone is 2. The molecule has 0 saturated carbocycles. The smallest absolute Gasteiger partial charge is 0.156 e. The fourth-order valence-corrected chi connectivity index (χ4v) is 1.97. The molecular weight excluding hydrogens is 172 g/mol. The summed E-state index contributed by atoms with van der Waals surface area (Å²) in [5.41, 5.74) is 2.55. The molecule has 2 rings (SSSR count). The highest BCUT2D eigenvalue weighted by molar-refractivity contribution is 5.93. The summed E-state index contributed by atoms with van der Waals surface area (Å²) in [7, 11) is 0. The van der Waals surface area contributed by atoms with Crippen LogP contribution in [0.15, 0.2) is 42.0 Å². The first kappa shape index (κ1) is 9.20. The molecule has 0 amide bonds. The van der Waals surface area contributed by atoms with E-state index in [9.17, 15) is 4.79 Å². The summed E-state index contributed by atoms with van der Waals surface area (Å²) in [6.07, 6.45) is 3.48. The van der Waals surface area contributed by atoms with E-state index in [0.29, 0.717) is 12.3 Å². The van der Waals surface area contributed by atoms with Crippen LogP contribution in [-0.2, 0) is 11.2 Å². The minimum atomic E-state index is 0.281. The molecule has 0 N–H and O–H groups in total. The maximum Gasteiger partial charge on any atom is 0.156 e. The van der Waals surface area contributed by atoms with Gasteiger partial charge < -0.3 is 0 Å². The number of benzene rings is 1. The van der Waals surface area contributed by atoms with Gasteiger partial charge in [-0.15, -0.1) is 0 Å². The van der Waals surface area contributed by atoms with Crippen molar-refractivity contribution >= 4 is 5.78 Å². The Morgan fingerprint density at radius 3 is 2.57 bits per heavy atom. The van der Waals surface area contributed by atoms with E-state index >= 15 is 0 Å². The van der Waals surface area contributed by atoms with Crippen molar-refractivity contribution in [1.82, 2.24) is 0 Å². The standard InChI is InChI=1S/C13H14O/c1-10-7-13(14)9-12(10)8-11-5-3-2-4-6-11/h2-7,12H,8-9H2,1H3. The van der Waals surface area contributed by atoms with Gasteiger partial charge in [-0.05, 0) is 30.9 Å². The highest BCUT2D eigenvalue weighted by Gasteiger charge is 2.21. The van der Waals surface area contributed by atoms with E-state index in [-0.39, 0.29) is 5.78 Å². The lowest BCUT2D eigenvalue weighted by molar-refractivity contribution is -0.114. The van der Waals surface area contributed by atoms with Gasteiger partial charge in [-0.3, -0.25) is 4.79 Å². The Labute approximate surface area is 84.5 Å². The van der Waals surface area contributed by atoms with Crippen LogP contribution in [0.4, 0.5) is 0 Å². The number of carbonyl (C=O) groups excluding carboxylic acids is 1. The zero-order valence-electron chi connectivity index (χ0n) is 8.36. The number of carbonyl (C=O) groups is 1. The first-order chi connectivity index (χ1) is 6.75. The van der Waals surface area contributed by atoms with Gasteiger partial charge >= 0.3 is 0 Å². The normalized spacial score (nSPS) is 21.1. The number of rotatable bonds is 2. The Morgan fingerprint density at radius 1 is 1.29 bits per heavy atom. The van der Waals surface area contributed by atoms with Crippen molar-refractivity contribution in [3.8, 4) is 0 Å². The second kappa shape index (κ2) is 3.79. The second-order valence-electron chi connectivity index (χ2n) is 3.95. The van der Waals surface area contributed by atoms with Crippen molar-refractivity contribution in [2.24, 2.45) is 5.92 Å². The summed E-state index contributed by atoms with van der Waals surface area (Å²) in [6.45, 7) is 2.05. The molecule has 1 atom stereocenters. The zero-order valence-corrected chi connectivity index (χ0v) is 8.36. The Kier molecular flexibility index (Phi) is 2.49. The van der Waals surface area contributed by atoms with Crippen molar-refractivity contribution in [2.75, 3.05) is 0 Å². The Hall–Kier alpha value is -1.37. The van der Waals surface area contributed by atoms with Gasteiger partial charge in [0.05, 0.1) is 0 Å². The second-order valence-corrected chi connectivity index (χ2v) is 3.95. The topological polar surface area (TPSA) is 17.1 Å². The monoisotopic (exact) mass is 186 g/mol. The van der Waals surface area contributed by atoms with Crippen molar-refractivity contribution in [3.05, 3.63) is 47.5 Å². The fourth-order valence-electron chi connectivity index (χ4n) is 1.97. The summed E-state index contributed by atoms with van der Waals surface area (Å²) in [5.74, 6) is 0.716. The third-order valence-electron chi connectivity index (χ3n) is 2.81. The molecule has 0 fully saturated rings. The molecule has 1 aromatic carbocycles. The minimum Gasteiger partial charge on any atom is -0.295 e. The molecule has 72 valence electrons. The summed E-state index contributed by atoms with van der Waals surface area (Å²) in [4.78, 5) is 11.2. The zero-order chi connectivity index (χ0) is 9.97. The third kappa shape index (κ3) is 1.92. The van der Waals surface area contributed by atoms with Gasteiger partial charge in [0.1, 0.15) is 0 Å². The first-order valence-electron chi connectivity index (χ1n) is 5.00. The third-order valence-corrected chi connectivity index (χ3v) is 2.81. The lowest BCUT2D eigenvalue weighted by atomic mass is 9.94. The molecule has 0 heterocycles. The summed E-state index contributed by atoms with van der Waals surface area (Å²) < 4.78 is 0. The average molecular weight is 186 g/mol. The maximum atomic E-state index is 11.2. The fraction of sp³-hybridized carbons (Fsp3) is 0.308. The Balaban J connectivity index is 2.07. The molecule has 0 aromatic heterocycles. The van der Waals surface area contributed by atoms with Crippen LogP contribution in [0.3, 0.4) is 0 Å². The molecule has 0 radical (unpaired) electrons. The molecule has 0 bridgehead atoms. The van der Waals surface area contributed by atoms with E-state index in [0.717, 1.165) is 6.42 Å². The lowest BCUT2D eigenvalue weighted by Gasteiger charge is -2.10. The molecule has 14 heavy (non-hydrogen) atoms. The van der Waals surface area contributed by atoms with Gasteiger partial charge in [0, 0.05) is 6.42 Å². The molecule has 0 spiro atoms. The number of ketones is 1. The van der Waals surface area contributed by atoms with Gasteiger partial charge in [0.2, 0.25) is 0 Å². The van der Waals surface area contributed by atoms with Crippen molar-refractivity contribution < 1.29 is 4.79 Å². The van der Waals surface area contributed by atoms with Crippen molar-refractivity contribution in [3.63, 3.8) is 0 Å². The number of hydrogen-bond acceptors (Lipinski definition) is 1. The maximum absolute atomic E-state index is 11.2. The molecule has 1 aliphatic carbocycles. The molecule has 1 unspecified atom stereocenters. The van der Waals surface area contributed by atoms with Crippen LogP contribution >= 0.6 is 0 Å². The van der Waals surface area contributed by atoms with E-state index < -0.39 is 0 Å². The van der Waals surface area contributed by atoms with E-state index in [1.165, 1.54) is 11.1 Å². The highest BCUT2D eigenvalue weighted by atomic mass is 16.1. The molecule has 1 nitrogen and oxygen atoms in total. The molecule has 1 aliphatic rings. The van der Waals surface area contributed by atoms with Gasteiger partial charge in [-0.2, -0.15) is 0 Å². The van der Waals surface area contributed by atoms with Crippen molar-refractivity contribution in [2.45, 2.75) is 19.8 Å². The summed E-state index contributed by atoms with van der Waals surface area (Å²) in [5, 5.41) is 0. The molecule has 1 aromatic rings. The van der Waals surface area contributed by atoms with Gasteiger partial charge in [-0.1, -0.05) is 35.9 Å². The summed E-state index contributed by atoms with van der Waals surface area (Å²) in [6, 6.07) is 10.4. The van der Waals surface area contributed by atoms with Crippen LogP contribution in [-0.4, -0.2) is 5.78 Å². The minimum absolute atomic E-state index is 0.281. The molecule has 1 heteroatoms. The van der Waals surface area contributed by atoms with Gasteiger partial charge in [0.25, 0.3) is 0 Å². The SMILES string of the molecule is CC1=CC(=O)CC1Cc1ccccc1. The van der Waals surface area contributed by atoms with Crippen LogP contribution in [0.5, 0.6) is 0 Å². The van der Waals surface area contributed by atoms with Crippen LogP contribution in [0.2, 0.25) is 0 Å². The van der Waals surface area contributed by atoms with E-state index in [2.05, 4.69) is 19.1 Å². The average Bonchev–Trinajstić information content (AvgIpc) is 2.47. The predicted octanol–water partition coefficient (Wildman–Crippen LogP) is 2.76. The van der Waals surface area contributed by atoms with Crippen LogP contribution in [0.25, 0.3) is 0 Å². The van der Waals surface area contributed by atoms with E-state index in [1.807, 2.05) is 18.2 Å². The van der Waals surface area contributed by atoms with E-state index in [1.54, 1.807) is 6.08 Å². The predicted molar refractivity (Wildman–Crippen MR) is 57.0 cm³/mol. The van der Waals surface area contributed by atoms with Gasteiger partial charge in [0.15, 0.2) is 5.78 Å². The highest BCUT2D eigenvalue weighted by Crippen LogP contribution is 2.26. The first-order valence-corrected chi connectivity index (χ1v) is 5.00. The summed E-state index contributed by atoms with van der Waals surface area (Å²) >= 11 is 0. The van der Waals surface area contributed by atoms with E-state index in [4.69, 9.17) is 0 Å². The molecular formula is C13H14O. The van der Waals surface area contributed by atoms with Crippen LogP contribution in [0.1, 0.15) is 18.9 Å². The van der Waals surface area contributed by atoms with Crippen molar-refractivity contribution in [1.29, 1.82) is 0 Å². The Morgan fingerprint density at radius 2 is 2.00 bits per heavy atom. The van der Waals surface area contributed by atoms with Gasteiger partial charge in [-0.25, -0.2) is 0 Å².